The lowest BCUT2D eigenvalue weighted by atomic mass is 9.95. The number of carbonyl (C=O) groups is 1. The van der Waals surface area contributed by atoms with E-state index in [1.54, 1.807) is 7.05 Å². The average molecular weight is 139 g/mol. The minimum atomic E-state index is 0.0301. The number of rotatable bonds is 0. The SMILES string of the molecule is CC1[C]=NN(C)C(=O)C1C. The second kappa shape index (κ2) is 2.40. The Morgan fingerprint density at radius 3 is 2.70 bits per heavy atom. The van der Waals surface area contributed by atoms with E-state index < -0.39 is 0 Å². The van der Waals surface area contributed by atoms with E-state index in [-0.39, 0.29) is 17.7 Å². The minimum absolute atomic E-state index is 0.0301. The molecule has 2 atom stereocenters. The molecule has 3 heteroatoms. The molecule has 1 amide bonds. The smallest absolute Gasteiger partial charge is 0.245 e. The largest absolute Gasteiger partial charge is 0.273 e. The van der Waals surface area contributed by atoms with Crippen molar-refractivity contribution in [1.82, 2.24) is 5.01 Å². The number of hydrogen-bond donors (Lipinski definition) is 0. The molecule has 10 heavy (non-hydrogen) atoms. The molecule has 1 heterocycles. The van der Waals surface area contributed by atoms with Crippen LogP contribution in [0.25, 0.3) is 0 Å². The summed E-state index contributed by atoms with van der Waals surface area (Å²) in [5, 5.41) is 5.11. The highest BCUT2D eigenvalue weighted by atomic mass is 16.2. The quantitative estimate of drug-likeness (QED) is 0.483. The van der Waals surface area contributed by atoms with Crippen molar-refractivity contribution >= 4 is 12.1 Å². The highest BCUT2D eigenvalue weighted by Gasteiger charge is 2.26. The molecule has 1 aliphatic rings. The Labute approximate surface area is 60.7 Å². The van der Waals surface area contributed by atoms with Crippen LogP contribution in [-0.4, -0.2) is 24.2 Å². The molecule has 0 aromatic carbocycles. The topological polar surface area (TPSA) is 32.7 Å². The lowest BCUT2D eigenvalue weighted by Gasteiger charge is -2.23. The first-order valence-electron chi connectivity index (χ1n) is 3.36. The van der Waals surface area contributed by atoms with Crippen LogP contribution in [0.15, 0.2) is 5.10 Å². The van der Waals surface area contributed by atoms with Crippen molar-refractivity contribution in [2.45, 2.75) is 13.8 Å². The van der Waals surface area contributed by atoms with Gasteiger partial charge in [-0.15, -0.1) is 0 Å². The molecule has 0 saturated heterocycles. The standard InChI is InChI=1S/C7H11N2O/c1-5-4-8-9(3)7(10)6(5)2/h5-6H,1-3H3. The van der Waals surface area contributed by atoms with Gasteiger partial charge in [-0.2, -0.15) is 5.10 Å². The molecule has 3 nitrogen and oxygen atoms in total. The van der Waals surface area contributed by atoms with Crippen LogP contribution in [0.1, 0.15) is 13.8 Å². The normalized spacial score (nSPS) is 33.1. The third-order valence-electron chi connectivity index (χ3n) is 1.87. The van der Waals surface area contributed by atoms with Gasteiger partial charge in [0.1, 0.15) is 0 Å². The van der Waals surface area contributed by atoms with Gasteiger partial charge in [-0.05, 0) is 0 Å². The van der Waals surface area contributed by atoms with Crippen molar-refractivity contribution < 1.29 is 4.79 Å². The second-order valence-corrected chi connectivity index (χ2v) is 2.67. The molecule has 0 fully saturated rings. The summed E-state index contributed by atoms with van der Waals surface area (Å²) in [6, 6.07) is 0. The van der Waals surface area contributed by atoms with Gasteiger partial charge in [0, 0.05) is 18.9 Å². The number of nitrogens with zero attached hydrogens (tertiary/aromatic N) is 2. The van der Waals surface area contributed by atoms with E-state index in [4.69, 9.17) is 0 Å². The lowest BCUT2D eigenvalue weighted by molar-refractivity contribution is -0.135. The third kappa shape index (κ3) is 1.03. The first kappa shape index (κ1) is 7.25. The molecule has 0 aromatic rings. The number of carbonyl (C=O) groups excluding carboxylic acids is 1. The van der Waals surface area contributed by atoms with Gasteiger partial charge >= 0.3 is 0 Å². The number of amides is 1. The van der Waals surface area contributed by atoms with Crippen LogP contribution in [0, 0.1) is 11.8 Å². The number of hydrazone groups is 1. The number of hydrogen-bond acceptors (Lipinski definition) is 2. The zero-order chi connectivity index (χ0) is 7.72. The molecule has 0 bridgehead atoms. The Hall–Kier alpha value is -0.860. The molecule has 0 saturated carbocycles. The van der Waals surface area contributed by atoms with Gasteiger partial charge in [-0.1, -0.05) is 13.8 Å². The van der Waals surface area contributed by atoms with Crippen LogP contribution < -0.4 is 0 Å². The van der Waals surface area contributed by atoms with Crippen LogP contribution >= 0.6 is 0 Å². The molecule has 0 spiro atoms. The summed E-state index contributed by atoms with van der Waals surface area (Å²) in [6.07, 6.45) is 2.84. The molecule has 0 N–H and O–H groups in total. The Morgan fingerprint density at radius 1 is 1.60 bits per heavy atom. The Kier molecular flexibility index (Phi) is 1.74. The van der Waals surface area contributed by atoms with E-state index in [0.717, 1.165) is 0 Å². The Morgan fingerprint density at radius 2 is 2.20 bits per heavy atom. The van der Waals surface area contributed by atoms with Crippen molar-refractivity contribution in [2.75, 3.05) is 7.05 Å². The molecule has 0 aromatic heterocycles. The van der Waals surface area contributed by atoms with Crippen LogP contribution in [0.4, 0.5) is 0 Å². The van der Waals surface area contributed by atoms with Crippen LogP contribution in [-0.2, 0) is 4.79 Å². The van der Waals surface area contributed by atoms with Crippen LogP contribution in [0.3, 0.4) is 0 Å². The fourth-order valence-corrected chi connectivity index (χ4v) is 0.847. The molecular formula is C7H11N2O. The van der Waals surface area contributed by atoms with Gasteiger partial charge in [0.05, 0.1) is 6.21 Å². The van der Waals surface area contributed by atoms with Gasteiger partial charge < -0.3 is 0 Å². The predicted molar refractivity (Wildman–Crippen MR) is 38.5 cm³/mol. The van der Waals surface area contributed by atoms with Crippen molar-refractivity contribution in [1.29, 1.82) is 0 Å². The van der Waals surface area contributed by atoms with Crippen molar-refractivity contribution in [3.05, 3.63) is 0 Å². The highest BCUT2D eigenvalue weighted by molar-refractivity contribution is 5.85. The maximum atomic E-state index is 11.1. The molecule has 2 unspecified atom stereocenters. The molecule has 55 valence electrons. The zero-order valence-electron chi connectivity index (χ0n) is 6.46. The van der Waals surface area contributed by atoms with E-state index in [9.17, 15) is 4.79 Å². The van der Waals surface area contributed by atoms with Crippen LogP contribution in [0.5, 0.6) is 0 Å². The van der Waals surface area contributed by atoms with Gasteiger partial charge in [0.25, 0.3) is 0 Å². The zero-order valence-corrected chi connectivity index (χ0v) is 6.46. The maximum Gasteiger partial charge on any atom is 0.245 e. The second-order valence-electron chi connectivity index (χ2n) is 2.67. The first-order chi connectivity index (χ1) is 4.63. The fraction of sp³-hybridized carbons (Fsp3) is 0.714. The van der Waals surface area contributed by atoms with Crippen LogP contribution in [0.2, 0.25) is 0 Å². The Balaban J connectivity index is 2.79. The van der Waals surface area contributed by atoms with Gasteiger partial charge in [0.15, 0.2) is 0 Å². The molecule has 1 rings (SSSR count). The average Bonchev–Trinajstić information content (AvgIpc) is 1.93. The predicted octanol–water partition coefficient (Wildman–Crippen LogP) is 0.593. The van der Waals surface area contributed by atoms with Gasteiger partial charge in [-0.25, -0.2) is 5.01 Å². The Bertz CT molecular complexity index is 176. The highest BCUT2D eigenvalue weighted by Crippen LogP contribution is 2.15. The summed E-state index contributed by atoms with van der Waals surface area (Å²) >= 11 is 0. The van der Waals surface area contributed by atoms with E-state index in [1.807, 2.05) is 13.8 Å². The summed E-state index contributed by atoms with van der Waals surface area (Å²) in [5.41, 5.74) is 0. The lowest BCUT2D eigenvalue weighted by Crippen LogP contribution is -2.35. The van der Waals surface area contributed by atoms with E-state index >= 15 is 0 Å². The molecule has 0 aliphatic carbocycles. The fourth-order valence-electron chi connectivity index (χ4n) is 0.847. The first-order valence-corrected chi connectivity index (χ1v) is 3.36. The van der Waals surface area contributed by atoms with Crippen molar-refractivity contribution in [2.24, 2.45) is 16.9 Å². The summed E-state index contributed by atoms with van der Waals surface area (Å²) in [6.45, 7) is 3.84. The van der Waals surface area contributed by atoms with E-state index in [2.05, 4.69) is 11.3 Å². The minimum Gasteiger partial charge on any atom is -0.273 e. The molecule has 1 aliphatic heterocycles. The van der Waals surface area contributed by atoms with E-state index in [0.29, 0.717) is 0 Å². The summed E-state index contributed by atoms with van der Waals surface area (Å²) in [7, 11) is 1.65. The summed E-state index contributed by atoms with van der Waals surface area (Å²) in [4.78, 5) is 11.1. The van der Waals surface area contributed by atoms with Gasteiger partial charge in [0.2, 0.25) is 5.91 Å². The maximum absolute atomic E-state index is 11.1. The summed E-state index contributed by atoms with van der Waals surface area (Å²) < 4.78 is 0. The van der Waals surface area contributed by atoms with Crippen molar-refractivity contribution in [3.8, 4) is 0 Å². The molecule has 1 radical (unpaired) electrons. The molecular weight excluding hydrogens is 128 g/mol. The van der Waals surface area contributed by atoms with E-state index in [1.165, 1.54) is 5.01 Å². The van der Waals surface area contributed by atoms with Gasteiger partial charge in [-0.3, -0.25) is 4.79 Å². The summed E-state index contributed by atoms with van der Waals surface area (Å²) in [5.74, 6) is 0.262. The third-order valence-corrected chi connectivity index (χ3v) is 1.87. The monoisotopic (exact) mass is 139 g/mol. The van der Waals surface area contributed by atoms with Crippen molar-refractivity contribution in [3.63, 3.8) is 0 Å².